The number of hydrogen-bond donors (Lipinski definition) is 1. The van der Waals surface area contributed by atoms with Crippen molar-refractivity contribution < 1.29 is 4.39 Å². The second-order valence-electron chi connectivity index (χ2n) is 3.68. The average Bonchev–Trinajstić information content (AvgIpc) is 2.68. The predicted octanol–water partition coefficient (Wildman–Crippen LogP) is 4.55. The Bertz CT molecular complexity index is 529. The van der Waals surface area contributed by atoms with Gasteiger partial charge in [-0.2, -0.15) is 0 Å². The van der Waals surface area contributed by atoms with E-state index < -0.39 is 5.82 Å². The van der Waals surface area contributed by atoms with Gasteiger partial charge in [0.1, 0.15) is 5.82 Å². The molecule has 1 nitrogen and oxygen atoms in total. The SMILES string of the molecule is NC(Cc1sccc1Br)c1ccc(F)c(Cl)c1. The first-order chi connectivity index (χ1) is 8.08. The molecule has 1 heterocycles. The molecule has 90 valence electrons. The lowest BCUT2D eigenvalue weighted by Gasteiger charge is -2.12. The van der Waals surface area contributed by atoms with E-state index in [0.717, 1.165) is 10.0 Å². The topological polar surface area (TPSA) is 26.0 Å². The Morgan fingerprint density at radius 2 is 2.18 bits per heavy atom. The molecule has 0 saturated heterocycles. The van der Waals surface area contributed by atoms with Crippen molar-refractivity contribution in [2.75, 3.05) is 0 Å². The number of halogens is 3. The normalized spacial score (nSPS) is 12.7. The van der Waals surface area contributed by atoms with Gasteiger partial charge in [-0.3, -0.25) is 0 Å². The quantitative estimate of drug-likeness (QED) is 0.876. The molecule has 2 rings (SSSR count). The van der Waals surface area contributed by atoms with Crippen LogP contribution in [-0.2, 0) is 6.42 Å². The molecule has 2 N–H and O–H groups in total. The van der Waals surface area contributed by atoms with Gasteiger partial charge < -0.3 is 5.73 Å². The summed E-state index contributed by atoms with van der Waals surface area (Å²) in [6, 6.07) is 6.42. The number of benzene rings is 1. The molecular formula is C12H10BrClFNS. The summed E-state index contributed by atoms with van der Waals surface area (Å²) >= 11 is 10.8. The predicted molar refractivity (Wildman–Crippen MR) is 74.1 cm³/mol. The van der Waals surface area contributed by atoms with E-state index in [9.17, 15) is 4.39 Å². The van der Waals surface area contributed by atoms with Crippen LogP contribution in [0.3, 0.4) is 0 Å². The molecule has 0 saturated carbocycles. The maximum absolute atomic E-state index is 13.0. The van der Waals surface area contributed by atoms with Crippen LogP contribution in [0.25, 0.3) is 0 Å². The minimum atomic E-state index is -0.417. The van der Waals surface area contributed by atoms with Gasteiger partial charge in [-0.15, -0.1) is 11.3 Å². The van der Waals surface area contributed by atoms with E-state index in [1.807, 2.05) is 11.4 Å². The Morgan fingerprint density at radius 3 is 2.76 bits per heavy atom. The summed E-state index contributed by atoms with van der Waals surface area (Å²) in [5.41, 5.74) is 6.92. The van der Waals surface area contributed by atoms with E-state index in [-0.39, 0.29) is 11.1 Å². The van der Waals surface area contributed by atoms with E-state index in [2.05, 4.69) is 15.9 Å². The van der Waals surface area contributed by atoms with Crippen molar-refractivity contribution in [2.45, 2.75) is 12.5 Å². The number of nitrogens with two attached hydrogens (primary N) is 1. The molecular weight excluding hydrogens is 325 g/mol. The maximum Gasteiger partial charge on any atom is 0.141 e. The van der Waals surface area contributed by atoms with Crippen LogP contribution in [0, 0.1) is 5.82 Å². The highest BCUT2D eigenvalue weighted by Gasteiger charge is 2.12. The van der Waals surface area contributed by atoms with E-state index in [0.29, 0.717) is 6.42 Å². The van der Waals surface area contributed by atoms with Crippen molar-refractivity contribution in [3.63, 3.8) is 0 Å². The molecule has 0 bridgehead atoms. The van der Waals surface area contributed by atoms with E-state index in [4.69, 9.17) is 17.3 Å². The van der Waals surface area contributed by atoms with Crippen molar-refractivity contribution >= 4 is 38.9 Å². The Kier molecular flexibility index (Phi) is 4.20. The van der Waals surface area contributed by atoms with Gasteiger partial charge in [0, 0.05) is 21.8 Å². The first-order valence-corrected chi connectivity index (χ1v) is 7.05. The maximum atomic E-state index is 13.0. The van der Waals surface area contributed by atoms with Gasteiger partial charge in [-0.25, -0.2) is 4.39 Å². The summed E-state index contributed by atoms with van der Waals surface area (Å²) < 4.78 is 14.1. The lowest BCUT2D eigenvalue weighted by Crippen LogP contribution is -2.13. The molecule has 0 amide bonds. The van der Waals surface area contributed by atoms with Gasteiger partial charge in [0.05, 0.1) is 5.02 Å². The summed E-state index contributed by atoms with van der Waals surface area (Å²) in [5, 5.41) is 2.12. The van der Waals surface area contributed by atoms with E-state index >= 15 is 0 Å². The molecule has 0 aliphatic rings. The third kappa shape index (κ3) is 3.07. The van der Waals surface area contributed by atoms with E-state index in [1.54, 1.807) is 23.5 Å². The average molecular weight is 335 g/mol. The van der Waals surface area contributed by atoms with Gasteiger partial charge in [0.15, 0.2) is 0 Å². The second-order valence-corrected chi connectivity index (χ2v) is 5.94. The number of thiophene rings is 1. The Balaban J connectivity index is 2.17. The van der Waals surface area contributed by atoms with Gasteiger partial charge in [-0.05, 0) is 45.1 Å². The monoisotopic (exact) mass is 333 g/mol. The highest BCUT2D eigenvalue weighted by molar-refractivity contribution is 9.10. The molecule has 2 aromatic rings. The number of hydrogen-bond acceptors (Lipinski definition) is 2. The Labute approximate surface area is 117 Å². The fourth-order valence-electron chi connectivity index (χ4n) is 1.53. The number of rotatable bonds is 3. The zero-order valence-corrected chi connectivity index (χ0v) is 11.9. The lowest BCUT2D eigenvalue weighted by atomic mass is 10.0. The molecule has 5 heteroatoms. The van der Waals surface area contributed by atoms with Crippen LogP contribution in [-0.4, -0.2) is 0 Å². The minimum Gasteiger partial charge on any atom is -0.324 e. The lowest BCUT2D eigenvalue weighted by molar-refractivity contribution is 0.625. The summed E-state index contributed by atoms with van der Waals surface area (Å²) in [6.45, 7) is 0. The molecule has 0 fully saturated rings. The van der Waals surface area contributed by atoms with Crippen molar-refractivity contribution in [2.24, 2.45) is 5.73 Å². The molecule has 0 radical (unpaired) electrons. The molecule has 0 aliphatic carbocycles. The standard InChI is InChI=1S/C12H10BrClFNS/c13-8-3-4-17-12(8)6-11(16)7-1-2-10(15)9(14)5-7/h1-5,11H,6,16H2. The van der Waals surface area contributed by atoms with Gasteiger partial charge in [-0.1, -0.05) is 17.7 Å². The first kappa shape index (κ1) is 13.0. The van der Waals surface area contributed by atoms with Crippen LogP contribution in [0.5, 0.6) is 0 Å². The molecule has 1 atom stereocenters. The smallest absolute Gasteiger partial charge is 0.141 e. The molecule has 1 unspecified atom stereocenters. The molecule has 1 aromatic heterocycles. The van der Waals surface area contributed by atoms with Crippen LogP contribution < -0.4 is 5.73 Å². The third-order valence-electron chi connectivity index (χ3n) is 2.47. The fraction of sp³-hybridized carbons (Fsp3) is 0.167. The largest absolute Gasteiger partial charge is 0.324 e. The van der Waals surface area contributed by atoms with Crippen LogP contribution in [0.2, 0.25) is 5.02 Å². The highest BCUT2D eigenvalue weighted by atomic mass is 79.9. The molecule has 0 spiro atoms. The van der Waals surface area contributed by atoms with Crippen molar-refractivity contribution in [3.05, 3.63) is 55.4 Å². The van der Waals surface area contributed by atoms with Crippen LogP contribution in [0.1, 0.15) is 16.5 Å². The fourth-order valence-corrected chi connectivity index (χ4v) is 3.29. The van der Waals surface area contributed by atoms with E-state index in [1.165, 1.54) is 10.9 Å². The van der Waals surface area contributed by atoms with Crippen molar-refractivity contribution in [1.82, 2.24) is 0 Å². The zero-order valence-electron chi connectivity index (χ0n) is 8.79. The van der Waals surface area contributed by atoms with Gasteiger partial charge in [0.25, 0.3) is 0 Å². The second kappa shape index (κ2) is 5.48. The van der Waals surface area contributed by atoms with Crippen molar-refractivity contribution in [3.8, 4) is 0 Å². The highest BCUT2D eigenvalue weighted by Crippen LogP contribution is 2.28. The summed E-state index contributed by atoms with van der Waals surface area (Å²) in [6.07, 6.45) is 0.709. The third-order valence-corrected chi connectivity index (χ3v) is 4.71. The summed E-state index contributed by atoms with van der Waals surface area (Å²) in [7, 11) is 0. The molecule has 0 aliphatic heterocycles. The Morgan fingerprint density at radius 1 is 1.41 bits per heavy atom. The van der Waals surface area contributed by atoms with Crippen molar-refractivity contribution in [1.29, 1.82) is 0 Å². The van der Waals surface area contributed by atoms with Gasteiger partial charge >= 0.3 is 0 Å². The summed E-state index contributed by atoms with van der Waals surface area (Å²) in [4.78, 5) is 1.18. The summed E-state index contributed by atoms with van der Waals surface area (Å²) in [5.74, 6) is -0.417. The molecule has 17 heavy (non-hydrogen) atoms. The zero-order chi connectivity index (χ0) is 12.4. The van der Waals surface area contributed by atoms with Crippen LogP contribution >= 0.6 is 38.9 Å². The van der Waals surface area contributed by atoms with Crippen LogP contribution in [0.4, 0.5) is 4.39 Å². The Hall–Kier alpha value is -0.420. The van der Waals surface area contributed by atoms with Gasteiger partial charge in [0.2, 0.25) is 0 Å². The first-order valence-electron chi connectivity index (χ1n) is 5.00. The molecule has 1 aromatic carbocycles. The van der Waals surface area contributed by atoms with Crippen LogP contribution in [0.15, 0.2) is 34.1 Å². The minimum absolute atomic E-state index is 0.114.